The molecule has 1 unspecified atom stereocenters. The Hall–Kier alpha value is -1.77. The molecule has 18 heavy (non-hydrogen) atoms. The Morgan fingerprint density at radius 3 is 2.56 bits per heavy atom. The summed E-state index contributed by atoms with van der Waals surface area (Å²) in [5.74, 6) is -1.17. The van der Waals surface area contributed by atoms with Crippen LogP contribution in [0, 0.1) is 0 Å². The van der Waals surface area contributed by atoms with Crippen molar-refractivity contribution < 1.29 is 24.3 Å². The summed E-state index contributed by atoms with van der Waals surface area (Å²) in [6.07, 6.45) is 0.522. The fourth-order valence-electron chi connectivity index (χ4n) is 0.951. The summed E-state index contributed by atoms with van der Waals surface area (Å²) < 4.78 is 0. The number of hydrogen-bond acceptors (Lipinski definition) is 5. The molecule has 0 aliphatic rings. The molecule has 8 nitrogen and oxygen atoms in total. The predicted molar refractivity (Wildman–Crippen MR) is 65.2 cm³/mol. The average molecular weight is 277 g/mol. The van der Waals surface area contributed by atoms with Crippen molar-refractivity contribution in [1.29, 1.82) is 0 Å². The molecule has 0 aromatic carbocycles. The second-order valence-corrected chi connectivity index (χ2v) is 4.25. The molecule has 0 rings (SSSR count). The molecule has 0 radical (unpaired) electrons. The van der Waals surface area contributed by atoms with Crippen LogP contribution in [0.15, 0.2) is 0 Å². The van der Waals surface area contributed by atoms with E-state index in [1.807, 2.05) is 0 Å². The molecule has 4 N–H and O–H groups in total. The van der Waals surface area contributed by atoms with E-state index in [9.17, 15) is 19.2 Å². The van der Waals surface area contributed by atoms with Crippen molar-refractivity contribution in [1.82, 2.24) is 16.0 Å². The van der Waals surface area contributed by atoms with Crippen molar-refractivity contribution in [3.63, 3.8) is 0 Å². The van der Waals surface area contributed by atoms with Crippen molar-refractivity contribution in [3.05, 3.63) is 0 Å². The number of carboxylic acid groups (broad SMARTS) is 1. The molecular weight excluding hydrogens is 262 g/mol. The van der Waals surface area contributed by atoms with Crippen LogP contribution in [0.2, 0.25) is 0 Å². The van der Waals surface area contributed by atoms with Crippen LogP contribution < -0.4 is 16.0 Å². The van der Waals surface area contributed by atoms with Gasteiger partial charge in [-0.1, -0.05) is 0 Å². The number of aliphatic carboxylic acids is 1. The van der Waals surface area contributed by atoms with Gasteiger partial charge >= 0.3 is 12.0 Å². The molecule has 0 heterocycles. The lowest BCUT2D eigenvalue weighted by Gasteiger charge is -2.10. The number of urea groups is 1. The van der Waals surface area contributed by atoms with Crippen LogP contribution in [0.4, 0.5) is 4.79 Å². The highest BCUT2D eigenvalue weighted by atomic mass is 32.2. The maximum Gasteiger partial charge on any atom is 0.326 e. The van der Waals surface area contributed by atoms with Crippen LogP contribution in [-0.4, -0.2) is 54.0 Å². The lowest BCUT2D eigenvalue weighted by Crippen LogP contribution is -2.38. The third-order valence-corrected chi connectivity index (χ3v) is 2.82. The van der Waals surface area contributed by atoms with Crippen molar-refractivity contribution >= 4 is 36.1 Å². The molecule has 0 aliphatic heterocycles. The normalized spacial score (nSPS) is 11.2. The van der Waals surface area contributed by atoms with Gasteiger partial charge in [0.15, 0.2) is 0 Å². The molecule has 4 amide bonds. The molecule has 0 aromatic rings. The zero-order valence-electron chi connectivity index (χ0n) is 9.76. The van der Waals surface area contributed by atoms with Gasteiger partial charge in [0, 0.05) is 7.05 Å². The fraction of sp³-hybridized carbons (Fsp3) is 0.556. The van der Waals surface area contributed by atoms with E-state index in [0.717, 1.165) is 0 Å². The second kappa shape index (κ2) is 9.28. The van der Waals surface area contributed by atoms with E-state index in [0.29, 0.717) is 12.2 Å². The molecule has 0 saturated heterocycles. The zero-order chi connectivity index (χ0) is 14.0. The van der Waals surface area contributed by atoms with Gasteiger partial charge in [0.2, 0.25) is 12.3 Å². The highest BCUT2D eigenvalue weighted by molar-refractivity contribution is 7.99. The summed E-state index contributed by atoms with van der Waals surface area (Å²) in [5, 5.41) is 15.2. The SMILES string of the molecule is CNC(=O)NC(=O)CSCCC(NC=O)C(=O)O. The van der Waals surface area contributed by atoms with Crippen LogP contribution in [0.5, 0.6) is 0 Å². The number of carbonyl (C=O) groups is 4. The molecule has 0 aromatic heterocycles. The molecular formula is C9H15N3O5S. The Kier molecular flexibility index (Phi) is 8.37. The molecule has 1 atom stereocenters. The van der Waals surface area contributed by atoms with Gasteiger partial charge in [0.1, 0.15) is 6.04 Å². The molecule has 0 fully saturated rings. The Morgan fingerprint density at radius 2 is 2.06 bits per heavy atom. The number of thioether (sulfide) groups is 1. The minimum Gasteiger partial charge on any atom is -0.480 e. The topological polar surface area (TPSA) is 125 Å². The van der Waals surface area contributed by atoms with E-state index in [1.165, 1.54) is 18.8 Å². The predicted octanol–water partition coefficient (Wildman–Crippen LogP) is -1.24. The lowest BCUT2D eigenvalue weighted by molar-refractivity contribution is -0.140. The van der Waals surface area contributed by atoms with Crippen molar-refractivity contribution in [2.45, 2.75) is 12.5 Å². The van der Waals surface area contributed by atoms with Crippen LogP contribution in [-0.2, 0) is 14.4 Å². The number of imide groups is 1. The number of hydrogen-bond donors (Lipinski definition) is 4. The Balaban J connectivity index is 3.77. The van der Waals surface area contributed by atoms with Gasteiger partial charge in [-0.2, -0.15) is 11.8 Å². The number of nitrogens with one attached hydrogen (secondary N) is 3. The third kappa shape index (κ3) is 7.49. The van der Waals surface area contributed by atoms with Gasteiger partial charge in [-0.05, 0) is 12.2 Å². The van der Waals surface area contributed by atoms with Crippen LogP contribution in [0.3, 0.4) is 0 Å². The van der Waals surface area contributed by atoms with Crippen LogP contribution >= 0.6 is 11.8 Å². The van der Waals surface area contributed by atoms with Crippen LogP contribution in [0.1, 0.15) is 6.42 Å². The number of rotatable bonds is 8. The summed E-state index contributed by atoms with van der Waals surface area (Å²) >= 11 is 1.17. The Labute approximate surface area is 108 Å². The first-order valence-electron chi connectivity index (χ1n) is 5.03. The minimum atomic E-state index is -1.13. The Bertz CT molecular complexity index is 323. The minimum absolute atomic E-state index is 0.0425. The van der Waals surface area contributed by atoms with Gasteiger partial charge < -0.3 is 15.7 Å². The zero-order valence-corrected chi connectivity index (χ0v) is 10.6. The molecule has 0 spiro atoms. The van der Waals surface area contributed by atoms with Gasteiger partial charge in [-0.3, -0.25) is 14.9 Å². The van der Waals surface area contributed by atoms with E-state index in [2.05, 4.69) is 16.0 Å². The smallest absolute Gasteiger partial charge is 0.326 e. The summed E-state index contributed by atoms with van der Waals surface area (Å²) in [7, 11) is 1.39. The van der Waals surface area contributed by atoms with Gasteiger partial charge in [-0.15, -0.1) is 0 Å². The van der Waals surface area contributed by atoms with Crippen molar-refractivity contribution in [2.24, 2.45) is 0 Å². The first kappa shape index (κ1) is 16.2. The largest absolute Gasteiger partial charge is 0.480 e. The lowest BCUT2D eigenvalue weighted by atomic mass is 10.2. The molecule has 0 bridgehead atoms. The quantitative estimate of drug-likeness (QED) is 0.325. The monoisotopic (exact) mass is 277 g/mol. The first-order valence-corrected chi connectivity index (χ1v) is 6.18. The maximum atomic E-state index is 11.1. The summed E-state index contributed by atoms with van der Waals surface area (Å²) in [6, 6.07) is -1.55. The van der Waals surface area contributed by atoms with Gasteiger partial charge in [0.05, 0.1) is 5.75 Å². The average Bonchev–Trinajstić information content (AvgIpc) is 2.32. The highest BCUT2D eigenvalue weighted by Gasteiger charge is 2.15. The van der Waals surface area contributed by atoms with Gasteiger partial charge in [-0.25, -0.2) is 9.59 Å². The molecule has 102 valence electrons. The maximum absolute atomic E-state index is 11.1. The van der Waals surface area contributed by atoms with Gasteiger partial charge in [0.25, 0.3) is 0 Å². The molecule has 0 saturated carbocycles. The third-order valence-electron chi connectivity index (χ3n) is 1.83. The first-order chi connectivity index (χ1) is 8.51. The van der Waals surface area contributed by atoms with Crippen molar-refractivity contribution in [3.8, 4) is 0 Å². The fourth-order valence-corrected chi connectivity index (χ4v) is 1.76. The van der Waals surface area contributed by atoms with E-state index in [4.69, 9.17) is 5.11 Å². The second-order valence-electron chi connectivity index (χ2n) is 3.14. The Morgan fingerprint density at radius 1 is 1.39 bits per heavy atom. The van der Waals surface area contributed by atoms with Crippen molar-refractivity contribution in [2.75, 3.05) is 18.6 Å². The van der Waals surface area contributed by atoms with E-state index in [-0.39, 0.29) is 12.2 Å². The van der Waals surface area contributed by atoms with E-state index < -0.39 is 23.9 Å². The molecule has 0 aliphatic carbocycles. The number of carboxylic acids is 1. The summed E-state index contributed by atoms with van der Waals surface area (Å²) in [4.78, 5) is 42.7. The standard InChI is InChI=1S/C9H15N3O5S/c1-10-9(17)12-7(14)4-18-3-2-6(8(15)16)11-5-13/h5-6H,2-4H2,1H3,(H,11,13)(H,15,16)(H2,10,12,14,17). The highest BCUT2D eigenvalue weighted by Crippen LogP contribution is 2.04. The van der Waals surface area contributed by atoms with Crippen LogP contribution in [0.25, 0.3) is 0 Å². The molecule has 9 heteroatoms. The number of carbonyl (C=O) groups excluding carboxylic acids is 3. The number of amides is 4. The van der Waals surface area contributed by atoms with E-state index >= 15 is 0 Å². The summed E-state index contributed by atoms with van der Waals surface area (Å²) in [5.41, 5.74) is 0. The van der Waals surface area contributed by atoms with E-state index in [1.54, 1.807) is 0 Å². The summed E-state index contributed by atoms with van der Waals surface area (Å²) in [6.45, 7) is 0.